The van der Waals surface area contributed by atoms with Crippen molar-refractivity contribution in [3.05, 3.63) is 11.6 Å². The molecule has 2 N–H and O–H groups in total. The van der Waals surface area contributed by atoms with Gasteiger partial charge < -0.3 is 24.4 Å². The summed E-state index contributed by atoms with van der Waals surface area (Å²) in [7, 11) is 0. The second-order valence-electron chi connectivity index (χ2n) is 9.09. The summed E-state index contributed by atoms with van der Waals surface area (Å²) < 4.78 is 17.2. The third-order valence-corrected chi connectivity index (χ3v) is 7.89. The van der Waals surface area contributed by atoms with Crippen molar-refractivity contribution in [2.45, 2.75) is 57.7 Å². The van der Waals surface area contributed by atoms with Gasteiger partial charge in [-0.25, -0.2) is 4.79 Å². The van der Waals surface area contributed by atoms with Gasteiger partial charge in [0, 0.05) is 29.2 Å². The molecule has 1 spiro atoms. The molecule has 4 fully saturated rings. The van der Waals surface area contributed by atoms with E-state index in [9.17, 15) is 19.8 Å². The zero-order chi connectivity index (χ0) is 18.6. The van der Waals surface area contributed by atoms with Crippen LogP contribution in [0.4, 0.5) is 0 Å². The number of aliphatic hydroxyl groups excluding tert-OH is 1. The largest absolute Gasteiger partial charge is 0.462 e. The molecule has 3 heterocycles. The molecule has 2 saturated heterocycles. The Morgan fingerprint density at radius 3 is 2.65 bits per heavy atom. The van der Waals surface area contributed by atoms with E-state index in [1.54, 1.807) is 0 Å². The topological polar surface area (TPSA) is 102 Å². The van der Waals surface area contributed by atoms with Gasteiger partial charge >= 0.3 is 11.9 Å². The Hall–Kier alpha value is -1.44. The van der Waals surface area contributed by atoms with Crippen molar-refractivity contribution in [1.29, 1.82) is 0 Å². The molecule has 0 unspecified atom stereocenters. The van der Waals surface area contributed by atoms with Crippen molar-refractivity contribution in [2.24, 2.45) is 28.6 Å². The Bertz CT molecular complexity index is 746. The summed E-state index contributed by atoms with van der Waals surface area (Å²) in [6.45, 7) is 5.88. The minimum absolute atomic E-state index is 0.139. The van der Waals surface area contributed by atoms with Gasteiger partial charge in [0.05, 0.1) is 6.61 Å². The molecule has 2 saturated carbocycles. The number of carbonyl (C=O) groups is 2. The van der Waals surface area contributed by atoms with E-state index in [1.165, 1.54) is 6.08 Å². The monoisotopic (exact) mass is 364 g/mol. The average Bonchev–Trinajstić information content (AvgIpc) is 3.14. The van der Waals surface area contributed by atoms with E-state index in [0.29, 0.717) is 6.42 Å². The third-order valence-electron chi connectivity index (χ3n) is 7.89. The quantitative estimate of drug-likeness (QED) is 0.655. The summed E-state index contributed by atoms with van der Waals surface area (Å²) >= 11 is 0. The van der Waals surface area contributed by atoms with Crippen LogP contribution in [0.2, 0.25) is 0 Å². The van der Waals surface area contributed by atoms with Gasteiger partial charge in [-0.1, -0.05) is 13.8 Å². The first-order valence-corrected chi connectivity index (χ1v) is 9.27. The summed E-state index contributed by atoms with van der Waals surface area (Å²) in [6, 6.07) is 0. The zero-order valence-corrected chi connectivity index (χ0v) is 15.1. The van der Waals surface area contributed by atoms with Crippen LogP contribution in [0.15, 0.2) is 11.6 Å². The fourth-order valence-corrected chi connectivity index (χ4v) is 7.10. The van der Waals surface area contributed by atoms with Gasteiger partial charge in [0.2, 0.25) is 0 Å². The number of cyclic esters (lactones) is 1. The molecule has 5 rings (SSSR count). The van der Waals surface area contributed by atoms with Gasteiger partial charge in [0.25, 0.3) is 0 Å². The van der Waals surface area contributed by atoms with Gasteiger partial charge in [-0.15, -0.1) is 0 Å². The second kappa shape index (κ2) is 4.69. The summed E-state index contributed by atoms with van der Waals surface area (Å²) in [5.74, 6) is -3.34. The second-order valence-corrected chi connectivity index (χ2v) is 9.09. The predicted octanol–water partition coefficient (Wildman–Crippen LogP) is 0.532. The number of hydrogen-bond acceptors (Lipinski definition) is 7. The van der Waals surface area contributed by atoms with Gasteiger partial charge in [-0.05, 0) is 30.8 Å². The molecule has 2 aliphatic carbocycles. The van der Waals surface area contributed by atoms with Crippen LogP contribution < -0.4 is 0 Å². The number of hydrogen-bond donors (Lipinski definition) is 2. The van der Waals surface area contributed by atoms with Crippen molar-refractivity contribution in [1.82, 2.24) is 0 Å². The van der Waals surface area contributed by atoms with E-state index in [1.807, 2.05) is 20.8 Å². The van der Waals surface area contributed by atoms with E-state index in [-0.39, 0.29) is 30.8 Å². The Morgan fingerprint density at radius 1 is 1.27 bits per heavy atom. The van der Waals surface area contributed by atoms with E-state index in [0.717, 1.165) is 5.57 Å². The lowest BCUT2D eigenvalue weighted by atomic mass is 9.50. The maximum absolute atomic E-state index is 12.3. The summed E-state index contributed by atoms with van der Waals surface area (Å²) in [5, 5.41) is 22.3. The standard InChI is InChI=1S/C19H24O7/c1-8-4-12(20)26-15(8)17(3)6-11-18-7-24-19(23,16(17)18)14(22)9(2)10(18)5-13(21)25-11/h4,9-11,14-16,22-23H,5-7H2,1-3H3/t9-,10+,11+,14-,15+,16-,17-,18-,19+/m1/s1. The highest BCUT2D eigenvalue weighted by atomic mass is 16.7. The highest BCUT2D eigenvalue weighted by Gasteiger charge is 2.82. The first-order valence-electron chi connectivity index (χ1n) is 9.27. The molecule has 26 heavy (non-hydrogen) atoms. The molecule has 0 radical (unpaired) electrons. The number of esters is 2. The molecule has 9 atom stereocenters. The van der Waals surface area contributed by atoms with Crippen LogP contribution in [0, 0.1) is 28.6 Å². The van der Waals surface area contributed by atoms with Crippen LogP contribution in [0.5, 0.6) is 0 Å². The summed E-state index contributed by atoms with van der Waals surface area (Å²) in [6.07, 6.45) is 0.0796. The van der Waals surface area contributed by atoms with Crippen LogP contribution in [0.1, 0.15) is 33.6 Å². The molecular formula is C19H24O7. The maximum atomic E-state index is 12.3. The van der Waals surface area contributed by atoms with Crippen molar-refractivity contribution in [3.8, 4) is 0 Å². The van der Waals surface area contributed by atoms with E-state index >= 15 is 0 Å². The van der Waals surface area contributed by atoms with Crippen molar-refractivity contribution < 1.29 is 34.0 Å². The van der Waals surface area contributed by atoms with E-state index < -0.39 is 46.8 Å². The smallest absolute Gasteiger partial charge is 0.331 e. The highest BCUT2D eigenvalue weighted by Crippen LogP contribution is 2.74. The lowest BCUT2D eigenvalue weighted by molar-refractivity contribution is -0.299. The SMILES string of the molecule is CC1=CC(=O)O[C@@H]1[C@@]1(C)C[C@@H]2OC(=O)C[C@H]3[C@@H](C)[C@@H](O)[C@]4(O)OC[C@]23[C@@H]14. The molecular weight excluding hydrogens is 340 g/mol. The normalized spacial score (nSPS) is 57.5. The Balaban J connectivity index is 1.70. The molecule has 3 aliphatic heterocycles. The molecule has 5 aliphatic rings. The number of aliphatic hydroxyl groups is 2. The average molecular weight is 364 g/mol. The fraction of sp³-hybridized carbons (Fsp3) is 0.789. The van der Waals surface area contributed by atoms with Crippen molar-refractivity contribution in [3.63, 3.8) is 0 Å². The Labute approximate surface area is 151 Å². The lowest BCUT2D eigenvalue weighted by Gasteiger charge is -2.55. The van der Waals surface area contributed by atoms with Gasteiger partial charge in [0.15, 0.2) is 5.79 Å². The third kappa shape index (κ3) is 1.62. The first kappa shape index (κ1) is 16.7. The molecule has 0 aromatic heterocycles. The van der Waals surface area contributed by atoms with Crippen LogP contribution in [-0.2, 0) is 23.8 Å². The summed E-state index contributed by atoms with van der Waals surface area (Å²) in [4.78, 5) is 24.1. The predicted molar refractivity (Wildman–Crippen MR) is 86.3 cm³/mol. The first-order chi connectivity index (χ1) is 12.1. The maximum Gasteiger partial charge on any atom is 0.331 e. The molecule has 0 aromatic rings. The molecule has 0 aromatic carbocycles. The molecule has 142 valence electrons. The lowest BCUT2D eigenvalue weighted by Crippen LogP contribution is -2.66. The van der Waals surface area contributed by atoms with Crippen LogP contribution in [0.3, 0.4) is 0 Å². The highest BCUT2D eigenvalue weighted by molar-refractivity contribution is 5.86. The van der Waals surface area contributed by atoms with Crippen molar-refractivity contribution in [2.75, 3.05) is 6.61 Å². The zero-order valence-electron chi connectivity index (χ0n) is 15.1. The molecule has 0 amide bonds. The van der Waals surface area contributed by atoms with Crippen LogP contribution >= 0.6 is 0 Å². The minimum Gasteiger partial charge on any atom is -0.462 e. The Kier molecular flexibility index (Phi) is 3.02. The minimum atomic E-state index is -1.74. The number of carbonyl (C=O) groups excluding carboxylic acids is 2. The number of rotatable bonds is 1. The molecule has 7 nitrogen and oxygen atoms in total. The van der Waals surface area contributed by atoms with E-state index in [4.69, 9.17) is 14.2 Å². The summed E-state index contributed by atoms with van der Waals surface area (Å²) in [5.41, 5.74) is -0.482. The molecule has 2 bridgehead atoms. The Morgan fingerprint density at radius 2 is 2.00 bits per heavy atom. The van der Waals surface area contributed by atoms with Gasteiger partial charge in [0.1, 0.15) is 18.3 Å². The van der Waals surface area contributed by atoms with Crippen LogP contribution in [0.25, 0.3) is 0 Å². The van der Waals surface area contributed by atoms with Gasteiger partial charge in [-0.3, -0.25) is 4.79 Å². The van der Waals surface area contributed by atoms with Crippen LogP contribution in [-0.4, -0.2) is 52.9 Å². The fourth-order valence-electron chi connectivity index (χ4n) is 7.10. The van der Waals surface area contributed by atoms with Crippen molar-refractivity contribution >= 4 is 11.9 Å². The number of ether oxygens (including phenoxy) is 3. The molecule has 7 heteroatoms. The van der Waals surface area contributed by atoms with Gasteiger partial charge in [-0.2, -0.15) is 0 Å². The van der Waals surface area contributed by atoms with E-state index in [2.05, 4.69) is 0 Å².